The van der Waals surface area contributed by atoms with Gasteiger partial charge in [0.25, 0.3) is 0 Å². The number of nitrogen functional groups attached to an aromatic ring is 1. The minimum atomic E-state index is -2.48. The predicted molar refractivity (Wildman–Crippen MR) is 102 cm³/mol. The Kier molecular flexibility index (Phi) is 5.20. The van der Waals surface area contributed by atoms with E-state index in [-0.39, 0.29) is 12.4 Å². The summed E-state index contributed by atoms with van der Waals surface area (Å²) in [6.45, 7) is 1.39. The molecule has 152 valence electrons. The lowest BCUT2D eigenvalue weighted by molar-refractivity contribution is -0.0867. The van der Waals surface area contributed by atoms with Crippen LogP contribution in [0, 0.1) is 0 Å². The van der Waals surface area contributed by atoms with E-state index < -0.39 is 32.2 Å². The second-order valence-corrected chi connectivity index (χ2v) is 7.67. The van der Waals surface area contributed by atoms with Gasteiger partial charge in [0.1, 0.15) is 42.4 Å². The van der Waals surface area contributed by atoms with Gasteiger partial charge in [-0.1, -0.05) is 18.2 Å². The summed E-state index contributed by atoms with van der Waals surface area (Å²) in [7, 11) is -2.48. The van der Waals surface area contributed by atoms with Gasteiger partial charge >= 0.3 is 8.25 Å². The van der Waals surface area contributed by atoms with Crippen molar-refractivity contribution in [2.45, 2.75) is 30.8 Å². The highest BCUT2D eigenvalue weighted by atomic mass is 31.1. The molecule has 11 heteroatoms. The first kappa shape index (κ1) is 19.7. The summed E-state index contributed by atoms with van der Waals surface area (Å²) < 4.78 is 29.9. The molecule has 0 bridgehead atoms. The molecule has 0 radical (unpaired) electrons. The van der Waals surface area contributed by atoms with E-state index in [2.05, 4.69) is 10.1 Å². The summed E-state index contributed by atoms with van der Waals surface area (Å²) in [5.41, 5.74) is 5.59. The Hall–Kier alpha value is -2.62. The van der Waals surface area contributed by atoms with Gasteiger partial charge in [0.05, 0.1) is 5.69 Å². The molecule has 0 saturated carbocycles. The lowest BCUT2D eigenvalue weighted by Crippen LogP contribution is -2.39. The number of ether oxygens (including phenoxy) is 1. The molecule has 1 unspecified atom stereocenters. The zero-order valence-electron chi connectivity index (χ0n) is 15.5. The molecule has 1 saturated heterocycles. The van der Waals surface area contributed by atoms with Crippen LogP contribution in [-0.4, -0.2) is 49.7 Å². The fourth-order valence-electron chi connectivity index (χ4n) is 3.38. The van der Waals surface area contributed by atoms with Gasteiger partial charge in [-0.3, -0.25) is 0 Å². The second-order valence-electron chi connectivity index (χ2n) is 6.78. The maximum absolute atomic E-state index is 12.0. The van der Waals surface area contributed by atoms with Crippen LogP contribution in [0.25, 0.3) is 5.52 Å². The molecule has 5 atom stereocenters. The van der Waals surface area contributed by atoms with Gasteiger partial charge in [0, 0.05) is 4.57 Å². The van der Waals surface area contributed by atoms with Crippen LogP contribution in [0.3, 0.4) is 0 Å². The van der Waals surface area contributed by atoms with Gasteiger partial charge in [-0.2, -0.15) is 5.10 Å². The van der Waals surface area contributed by atoms with Crippen LogP contribution < -0.4 is 10.3 Å². The Morgan fingerprint density at radius 1 is 1.28 bits per heavy atom. The molecular formula is C18H20N4O6P+. The van der Waals surface area contributed by atoms with Crippen molar-refractivity contribution < 1.29 is 28.6 Å². The highest BCUT2D eigenvalue weighted by Gasteiger charge is 2.54. The standard InChI is InChI=1S/C18H20N4O6P/c1-18(14-8-7-12-17(19)20-10-21-22(12)14)16(24)15(23)13(27-18)9-26-29(25)28-11-5-3-2-4-6-11/h2-8,10,13,15-16,23-24H,9H2,1H3,(H2,19,20,21)/q+1/t13-,15-,16-,18+/m1/s1. The number of hydrogen-bond acceptors (Lipinski definition) is 9. The number of nitrogens with zero attached hydrogens (tertiary/aromatic N) is 3. The third kappa shape index (κ3) is 3.57. The number of para-hydroxylation sites is 1. The van der Waals surface area contributed by atoms with Crippen molar-refractivity contribution in [3.63, 3.8) is 0 Å². The fraction of sp³-hybridized carbons (Fsp3) is 0.333. The zero-order valence-corrected chi connectivity index (χ0v) is 16.3. The highest BCUT2D eigenvalue weighted by molar-refractivity contribution is 7.33. The van der Waals surface area contributed by atoms with E-state index in [1.54, 1.807) is 49.4 Å². The maximum atomic E-state index is 12.0. The molecule has 0 aliphatic carbocycles. The number of aliphatic hydroxyl groups excluding tert-OH is 2. The minimum absolute atomic E-state index is 0.240. The van der Waals surface area contributed by atoms with Crippen molar-refractivity contribution >= 4 is 19.6 Å². The summed E-state index contributed by atoms with van der Waals surface area (Å²) in [6.07, 6.45) is -2.19. The summed E-state index contributed by atoms with van der Waals surface area (Å²) in [5.74, 6) is 0.668. The summed E-state index contributed by atoms with van der Waals surface area (Å²) in [4.78, 5) is 3.93. The van der Waals surface area contributed by atoms with E-state index in [0.29, 0.717) is 17.0 Å². The first-order chi connectivity index (χ1) is 13.9. The Labute approximate surface area is 166 Å². The molecule has 29 heavy (non-hydrogen) atoms. The largest absolute Gasteiger partial charge is 0.750 e. The van der Waals surface area contributed by atoms with Gasteiger partial charge in [-0.25, -0.2) is 14.0 Å². The number of fused-ring (bicyclic) bond motifs is 1. The molecule has 3 aromatic rings. The van der Waals surface area contributed by atoms with Crippen molar-refractivity contribution in [3.05, 3.63) is 54.5 Å². The van der Waals surface area contributed by atoms with Gasteiger partial charge in [0.15, 0.2) is 11.6 Å². The lowest BCUT2D eigenvalue weighted by atomic mass is 9.93. The van der Waals surface area contributed by atoms with E-state index in [4.69, 9.17) is 19.5 Å². The molecule has 4 rings (SSSR count). The third-order valence-corrected chi connectivity index (χ3v) is 5.64. The van der Waals surface area contributed by atoms with Crippen LogP contribution in [0.4, 0.5) is 5.82 Å². The molecule has 10 nitrogen and oxygen atoms in total. The minimum Gasteiger partial charge on any atom is -0.387 e. The van der Waals surface area contributed by atoms with E-state index in [0.717, 1.165) is 0 Å². The molecule has 1 aliphatic rings. The number of hydrogen-bond donors (Lipinski definition) is 3. The van der Waals surface area contributed by atoms with E-state index >= 15 is 0 Å². The molecule has 1 aromatic carbocycles. The van der Waals surface area contributed by atoms with Crippen molar-refractivity contribution in [2.24, 2.45) is 0 Å². The van der Waals surface area contributed by atoms with Crippen LogP contribution >= 0.6 is 8.25 Å². The number of aromatic nitrogens is 3. The number of rotatable bonds is 6. The quantitative estimate of drug-likeness (QED) is 0.506. The monoisotopic (exact) mass is 419 g/mol. The first-order valence-corrected chi connectivity index (χ1v) is 9.95. The Bertz CT molecular complexity index is 1030. The molecule has 0 spiro atoms. The van der Waals surface area contributed by atoms with Gasteiger partial charge < -0.3 is 20.7 Å². The molecule has 4 N–H and O–H groups in total. The highest BCUT2D eigenvalue weighted by Crippen LogP contribution is 2.41. The Morgan fingerprint density at radius 2 is 2.03 bits per heavy atom. The molecule has 1 fully saturated rings. The zero-order chi connectivity index (χ0) is 20.6. The van der Waals surface area contributed by atoms with Gasteiger partial charge in [0.2, 0.25) is 0 Å². The molecular weight excluding hydrogens is 399 g/mol. The van der Waals surface area contributed by atoms with E-state index in [1.807, 2.05) is 0 Å². The predicted octanol–water partition coefficient (Wildman–Crippen LogP) is 1.40. The summed E-state index contributed by atoms with van der Waals surface area (Å²) >= 11 is 0. The van der Waals surface area contributed by atoms with Crippen molar-refractivity contribution in [1.29, 1.82) is 0 Å². The van der Waals surface area contributed by atoms with Gasteiger partial charge in [-0.15, -0.1) is 4.52 Å². The van der Waals surface area contributed by atoms with Crippen LogP contribution in [0.1, 0.15) is 12.6 Å². The average Bonchev–Trinajstić information content (AvgIpc) is 3.24. The first-order valence-electron chi connectivity index (χ1n) is 8.86. The lowest BCUT2D eigenvalue weighted by Gasteiger charge is -2.27. The number of nitrogens with two attached hydrogens (primary N) is 1. The fourth-order valence-corrected chi connectivity index (χ4v) is 4.00. The second kappa shape index (κ2) is 7.66. The Balaban J connectivity index is 1.48. The smallest absolute Gasteiger partial charge is 0.387 e. The van der Waals surface area contributed by atoms with E-state index in [9.17, 15) is 14.8 Å². The molecule has 3 heterocycles. The number of benzene rings is 1. The summed E-state index contributed by atoms with van der Waals surface area (Å²) in [5, 5.41) is 25.3. The number of anilines is 1. The normalized spacial score (nSPS) is 27.3. The summed E-state index contributed by atoms with van der Waals surface area (Å²) in [6, 6.07) is 12.0. The molecule has 0 amide bonds. The van der Waals surface area contributed by atoms with Gasteiger partial charge in [-0.05, 0) is 31.2 Å². The van der Waals surface area contributed by atoms with Crippen LogP contribution in [-0.2, 0) is 19.4 Å². The number of aliphatic hydroxyl groups is 2. The third-order valence-electron chi connectivity index (χ3n) is 4.92. The average molecular weight is 419 g/mol. The molecule has 2 aromatic heterocycles. The van der Waals surface area contributed by atoms with Crippen LogP contribution in [0.2, 0.25) is 0 Å². The Morgan fingerprint density at radius 3 is 2.79 bits per heavy atom. The van der Waals surface area contributed by atoms with Crippen molar-refractivity contribution in [2.75, 3.05) is 12.3 Å². The van der Waals surface area contributed by atoms with Crippen molar-refractivity contribution in [3.8, 4) is 5.75 Å². The maximum Gasteiger partial charge on any atom is 0.750 e. The van der Waals surface area contributed by atoms with Crippen molar-refractivity contribution in [1.82, 2.24) is 14.6 Å². The van der Waals surface area contributed by atoms with Crippen LogP contribution in [0.5, 0.6) is 5.75 Å². The SMILES string of the molecule is C[C@@]1(c2ccc3c(N)ncnn23)O[C@H](CO[P+](=O)Oc2ccccc2)[C@@H](O)[C@H]1O. The topological polar surface area (TPSA) is 141 Å². The van der Waals surface area contributed by atoms with Crippen LogP contribution in [0.15, 0.2) is 48.8 Å². The van der Waals surface area contributed by atoms with E-state index in [1.165, 1.54) is 10.8 Å². The molecule has 1 aliphatic heterocycles.